The largest absolute Gasteiger partial charge is 0.398 e. The molecular formula is C13H19FN2O. The maximum atomic E-state index is 13.6. The first-order valence-corrected chi connectivity index (χ1v) is 6.07. The van der Waals surface area contributed by atoms with Gasteiger partial charge in [-0.05, 0) is 18.6 Å². The van der Waals surface area contributed by atoms with Crippen LogP contribution in [0.2, 0.25) is 0 Å². The Bertz CT molecular complexity index is 363. The third-order valence-electron chi connectivity index (χ3n) is 3.22. The molecule has 1 unspecified atom stereocenters. The van der Waals surface area contributed by atoms with E-state index in [-0.39, 0.29) is 11.9 Å². The highest BCUT2D eigenvalue weighted by Crippen LogP contribution is 2.19. The van der Waals surface area contributed by atoms with Crippen molar-refractivity contribution in [1.82, 2.24) is 4.90 Å². The lowest BCUT2D eigenvalue weighted by Crippen LogP contribution is -2.41. The van der Waals surface area contributed by atoms with E-state index in [0.29, 0.717) is 24.4 Å². The van der Waals surface area contributed by atoms with E-state index < -0.39 is 0 Å². The summed E-state index contributed by atoms with van der Waals surface area (Å²) in [4.78, 5) is 2.20. The monoisotopic (exact) mass is 238 g/mol. The Kier molecular flexibility index (Phi) is 3.97. The van der Waals surface area contributed by atoms with Gasteiger partial charge in [-0.1, -0.05) is 13.0 Å². The zero-order valence-electron chi connectivity index (χ0n) is 10.2. The Morgan fingerprint density at radius 3 is 3.06 bits per heavy atom. The summed E-state index contributed by atoms with van der Waals surface area (Å²) in [5.41, 5.74) is 6.94. The lowest BCUT2D eigenvalue weighted by atomic mass is 10.1. The first-order chi connectivity index (χ1) is 8.20. The van der Waals surface area contributed by atoms with Gasteiger partial charge in [0.05, 0.1) is 12.7 Å². The average Bonchev–Trinajstić information content (AvgIpc) is 2.34. The van der Waals surface area contributed by atoms with Crippen LogP contribution in [0.1, 0.15) is 18.9 Å². The molecule has 1 aromatic rings. The van der Waals surface area contributed by atoms with Crippen molar-refractivity contribution in [3.63, 3.8) is 0 Å². The molecule has 94 valence electrons. The standard InChI is InChI=1S/C13H19FN2O/c1-2-10-8-16(6-7-17-10)9-11-12(14)4-3-5-13(11)15/h3-5,10H,2,6-9,15H2,1H3. The topological polar surface area (TPSA) is 38.5 Å². The first kappa shape index (κ1) is 12.3. The van der Waals surface area contributed by atoms with E-state index in [1.54, 1.807) is 12.1 Å². The second-order valence-corrected chi connectivity index (χ2v) is 4.44. The molecule has 1 aliphatic rings. The summed E-state index contributed by atoms with van der Waals surface area (Å²) in [5, 5.41) is 0. The summed E-state index contributed by atoms with van der Waals surface area (Å²) < 4.78 is 19.2. The van der Waals surface area contributed by atoms with Gasteiger partial charge < -0.3 is 10.5 Å². The minimum Gasteiger partial charge on any atom is -0.398 e. The average molecular weight is 238 g/mol. The fraction of sp³-hybridized carbons (Fsp3) is 0.538. The van der Waals surface area contributed by atoms with Gasteiger partial charge in [-0.25, -0.2) is 4.39 Å². The van der Waals surface area contributed by atoms with E-state index in [1.165, 1.54) is 6.07 Å². The predicted octanol–water partition coefficient (Wildman–Crippen LogP) is 2.02. The van der Waals surface area contributed by atoms with Crippen molar-refractivity contribution in [1.29, 1.82) is 0 Å². The number of rotatable bonds is 3. The Hall–Kier alpha value is -1.13. The number of anilines is 1. The molecule has 1 heterocycles. The lowest BCUT2D eigenvalue weighted by molar-refractivity contribution is -0.0326. The molecule has 0 bridgehead atoms. The Labute approximate surface area is 101 Å². The van der Waals surface area contributed by atoms with Crippen molar-refractivity contribution in [3.8, 4) is 0 Å². The molecule has 1 saturated heterocycles. The third kappa shape index (κ3) is 2.96. The smallest absolute Gasteiger partial charge is 0.129 e. The zero-order chi connectivity index (χ0) is 12.3. The van der Waals surface area contributed by atoms with E-state index in [2.05, 4.69) is 11.8 Å². The van der Waals surface area contributed by atoms with Gasteiger partial charge in [-0.2, -0.15) is 0 Å². The minimum atomic E-state index is -0.218. The number of benzene rings is 1. The normalized spacial score (nSPS) is 21.6. The molecule has 1 aliphatic heterocycles. The van der Waals surface area contributed by atoms with Crippen molar-refractivity contribution in [3.05, 3.63) is 29.6 Å². The third-order valence-corrected chi connectivity index (χ3v) is 3.22. The number of hydrogen-bond acceptors (Lipinski definition) is 3. The summed E-state index contributed by atoms with van der Waals surface area (Å²) in [6, 6.07) is 4.85. The number of halogens is 1. The zero-order valence-corrected chi connectivity index (χ0v) is 10.2. The second-order valence-electron chi connectivity index (χ2n) is 4.44. The second kappa shape index (κ2) is 5.47. The van der Waals surface area contributed by atoms with Gasteiger partial charge in [0.15, 0.2) is 0 Å². The summed E-state index contributed by atoms with van der Waals surface area (Å²) in [5.74, 6) is -0.218. The van der Waals surface area contributed by atoms with Crippen LogP contribution in [-0.4, -0.2) is 30.7 Å². The molecule has 0 aromatic heterocycles. The SMILES string of the molecule is CCC1CN(Cc2c(N)cccc2F)CCO1. The van der Waals surface area contributed by atoms with Crippen LogP contribution in [-0.2, 0) is 11.3 Å². The van der Waals surface area contributed by atoms with Crippen LogP contribution in [0.25, 0.3) is 0 Å². The maximum Gasteiger partial charge on any atom is 0.129 e. The highest BCUT2D eigenvalue weighted by molar-refractivity contribution is 5.47. The van der Waals surface area contributed by atoms with Gasteiger partial charge in [-0.15, -0.1) is 0 Å². The van der Waals surface area contributed by atoms with E-state index in [9.17, 15) is 4.39 Å². The molecular weight excluding hydrogens is 219 g/mol. The van der Waals surface area contributed by atoms with Crippen LogP contribution < -0.4 is 5.73 Å². The van der Waals surface area contributed by atoms with Crippen molar-refractivity contribution in [2.75, 3.05) is 25.4 Å². The number of nitrogen functional groups attached to an aromatic ring is 1. The van der Waals surface area contributed by atoms with E-state index >= 15 is 0 Å². The number of morpholine rings is 1. The molecule has 1 fully saturated rings. The molecule has 1 aromatic carbocycles. The van der Waals surface area contributed by atoms with E-state index in [4.69, 9.17) is 10.5 Å². The van der Waals surface area contributed by atoms with Gasteiger partial charge in [0.1, 0.15) is 5.82 Å². The van der Waals surface area contributed by atoms with Crippen LogP contribution in [0.3, 0.4) is 0 Å². The summed E-state index contributed by atoms with van der Waals surface area (Å²) in [6.07, 6.45) is 1.25. The van der Waals surface area contributed by atoms with E-state index in [1.807, 2.05) is 0 Å². The van der Waals surface area contributed by atoms with Gasteiger partial charge >= 0.3 is 0 Å². The molecule has 0 amide bonds. The Morgan fingerprint density at radius 1 is 1.53 bits per heavy atom. The molecule has 2 rings (SSSR count). The molecule has 0 saturated carbocycles. The predicted molar refractivity (Wildman–Crippen MR) is 66.1 cm³/mol. The fourth-order valence-electron chi connectivity index (χ4n) is 2.14. The Morgan fingerprint density at radius 2 is 2.35 bits per heavy atom. The first-order valence-electron chi connectivity index (χ1n) is 6.07. The van der Waals surface area contributed by atoms with Crippen molar-refractivity contribution in [2.24, 2.45) is 0 Å². The lowest BCUT2D eigenvalue weighted by Gasteiger charge is -2.32. The molecule has 0 aliphatic carbocycles. The van der Waals surface area contributed by atoms with Crippen LogP contribution in [0.5, 0.6) is 0 Å². The quantitative estimate of drug-likeness (QED) is 0.819. The van der Waals surface area contributed by atoms with Gasteiger partial charge in [0.2, 0.25) is 0 Å². The molecule has 0 radical (unpaired) electrons. The minimum absolute atomic E-state index is 0.218. The van der Waals surface area contributed by atoms with Crippen molar-refractivity contribution in [2.45, 2.75) is 26.0 Å². The number of nitrogens with two attached hydrogens (primary N) is 1. The van der Waals surface area contributed by atoms with Crippen LogP contribution in [0.4, 0.5) is 10.1 Å². The van der Waals surface area contributed by atoms with Gasteiger partial charge in [-0.3, -0.25) is 4.90 Å². The summed E-state index contributed by atoms with van der Waals surface area (Å²) >= 11 is 0. The molecule has 0 spiro atoms. The molecule has 17 heavy (non-hydrogen) atoms. The summed E-state index contributed by atoms with van der Waals surface area (Å²) in [6.45, 7) is 5.07. The van der Waals surface area contributed by atoms with Crippen LogP contribution in [0.15, 0.2) is 18.2 Å². The van der Waals surface area contributed by atoms with E-state index in [0.717, 1.165) is 19.5 Å². The highest BCUT2D eigenvalue weighted by atomic mass is 19.1. The maximum absolute atomic E-state index is 13.6. The number of hydrogen-bond donors (Lipinski definition) is 1. The van der Waals surface area contributed by atoms with Crippen molar-refractivity contribution < 1.29 is 9.13 Å². The molecule has 3 nitrogen and oxygen atoms in total. The van der Waals surface area contributed by atoms with Crippen molar-refractivity contribution >= 4 is 5.69 Å². The highest BCUT2D eigenvalue weighted by Gasteiger charge is 2.20. The van der Waals surface area contributed by atoms with Crippen LogP contribution >= 0.6 is 0 Å². The molecule has 2 N–H and O–H groups in total. The molecule has 1 atom stereocenters. The van der Waals surface area contributed by atoms with Gasteiger partial charge in [0, 0.05) is 30.9 Å². The fourth-order valence-corrected chi connectivity index (χ4v) is 2.14. The van der Waals surface area contributed by atoms with Crippen LogP contribution in [0, 0.1) is 5.82 Å². The van der Waals surface area contributed by atoms with Gasteiger partial charge in [0.25, 0.3) is 0 Å². The summed E-state index contributed by atoms with van der Waals surface area (Å²) in [7, 11) is 0. The molecule has 4 heteroatoms. The number of nitrogens with zero attached hydrogens (tertiary/aromatic N) is 1. The Balaban J connectivity index is 2.05. The number of ether oxygens (including phenoxy) is 1.